The van der Waals surface area contributed by atoms with Gasteiger partial charge in [-0.25, -0.2) is 0 Å². The molecule has 0 aromatic heterocycles. The molecule has 1 aromatic carbocycles. The number of halogens is 3. The third-order valence-corrected chi connectivity index (χ3v) is 5.18. The van der Waals surface area contributed by atoms with Crippen LogP contribution in [-0.2, 0) is 4.79 Å². The van der Waals surface area contributed by atoms with E-state index in [1.54, 1.807) is 7.11 Å². The first-order valence-corrected chi connectivity index (χ1v) is 8.42. The van der Waals surface area contributed by atoms with Crippen molar-refractivity contribution >= 4 is 5.91 Å². The van der Waals surface area contributed by atoms with Crippen molar-refractivity contribution in [2.45, 2.75) is 50.2 Å². The van der Waals surface area contributed by atoms with E-state index < -0.39 is 18.1 Å². The number of benzene rings is 1. The highest BCUT2D eigenvalue weighted by molar-refractivity contribution is 5.83. The molecule has 2 aliphatic carbocycles. The van der Waals surface area contributed by atoms with Crippen molar-refractivity contribution in [2.75, 3.05) is 7.11 Å². The van der Waals surface area contributed by atoms with Crippen molar-refractivity contribution in [3.05, 3.63) is 29.8 Å². The molecule has 0 saturated heterocycles. The van der Waals surface area contributed by atoms with E-state index in [4.69, 9.17) is 4.74 Å². The van der Waals surface area contributed by atoms with Crippen LogP contribution in [0.5, 0.6) is 5.75 Å². The lowest BCUT2D eigenvalue weighted by atomic mass is 9.84. The Morgan fingerprint density at radius 2 is 1.92 bits per heavy atom. The summed E-state index contributed by atoms with van der Waals surface area (Å²) >= 11 is 0. The molecular weight excluding hydrogens is 319 g/mol. The Balaban J connectivity index is 1.64. The van der Waals surface area contributed by atoms with Gasteiger partial charge in [0.1, 0.15) is 5.75 Å². The van der Waals surface area contributed by atoms with E-state index in [0.29, 0.717) is 19.3 Å². The van der Waals surface area contributed by atoms with Crippen molar-refractivity contribution in [1.82, 2.24) is 5.32 Å². The van der Waals surface area contributed by atoms with Crippen LogP contribution < -0.4 is 10.1 Å². The Bertz CT molecular complexity index is 602. The van der Waals surface area contributed by atoms with E-state index in [1.165, 1.54) is 0 Å². The molecule has 3 rings (SSSR count). The molecule has 0 aliphatic heterocycles. The lowest BCUT2D eigenvalue weighted by molar-refractivity contribution is -0.189. The Morgan fingerprint density at radius 3 is 2.62 bits per heavy atom. The lowest BCUT2D eigenvalue weighted by Crippen LogP contribution is -2.48. The maximum absolute atomic E-state index is 13.1. The van der Waals surface area contributed by atoms with Gasteiger partial charge >= 0.3 is 6.18 Å². The SMILES string of the molecule is COc1ccccc1[C@@H]1C[C@@H]1C(=O)N[C@@H]1CCCC[C@H]1C(F)(F)F. The van der Waals surface area contributed by atoms with Crippen LogP contribution in [0.25, 0.3) is 0 Å². The molecule has 6 heteroatoms. The van der Waals surface area contributed by atoms with Gasteiger partial charge in [-0.05, 0) is 36.8 Å². The van der Waals surface area contributed by atoms with Crippen molar-refractivity contribution in [3.63, 3.8) is 0 Å². The zero-order valence-corrected chi connectivity index (χ0v) is 13.6. The molecule has 2 aliphatic rings. The highest BCUT2D eigenvalue weighted by atomic mass is 19.4. The zero-order chi connectivity index (χ0) is 17.3. The van der Waals surface area contributed by atoms with E-state index >= 15 is 0 Å². The summed E-state index contributed by atoms with van der Waals surface area (Å²) in [6.45, 7) is 0. The Labute approximate surface area is 139 Å². The smallest absolute Gasteiger partial charge is 0.393 e. The molecule has 4 atom stereocenters. The lowest BCUT2D eigenvalue weighted by Gasteiger charge is -2.33. The van der Waals surface area contributed by atoms with E-state index in [-0.39, 0.29) is 24.2 Å². The number of rotatable bonds is 4. The van der Waals surface area contributed by atoms with E-state index in [0.717, 1.165) is 17.7 Å². The Morgan fingerprint density at radius 1 is 1.21 bits per heavy atom. The van der Waals surface area contributed by atoms with Crippen molar-refractivity contribution in [3.8, 4) is 5.75 Å². The molecular formula is C18H22F3NO2. The number of hydrogen-bond acceptors (Lipinski definition) is 2. The Hall–Kier alpha value is -1.72. The fraction of sp³-hybridized carbons (Fsp3) is 0.611. The molecule has 0 spiro atoms. The van der Waals surface area contributed by atoms with Crippen LogP contribution in [0.15, 0.2) is 24.3 Å². The standard InChI is InChI=1S/C18H22F3NO2/c1-24-16-9-5-2-6-11(16)12-10-13(12)17(23)22-15-8-4-3-7-14(15)18(19,20)21/h2,5-6,9,12-15H,3-4,7-8,10H2,1H3,(H,22,23)/t12-,13-,14+,15+/m0/s1. The third-order valence-electron chi connectivity index (χ3n) is 5.18. The number of hydrogen-bond donors (Lipinski definition) is 1. The second kappa shape index (κ2) is 6.65. The summed E-state index contributed by atoms with van der Waals surface area (Å²) in [6.07, 6.45) is -1.77. The van der Waals surface area contributed by atoms with Gasteiger partial charge in [0.15, 0.2) is 0 Å². The number of para-hydroxylation sites is 1. The number of alkyl halides is 3. The number of ether oxygens (including phenoxy) is 1. The predicted molar refractivity (Wildman–Crippen MR) is 83.8 cm³/mol. The van der Waals surface area contributed by atoms with Crippen LogP contribution in [0.2, 0.25) is 0 Å². The minimum Gasteiger partial charge on any atom is -0.496 e. The van der Waals surface area contributed by atoms with E-state index in [1.807, 2.05) is 24.3 Å². The fourth-order valence-corrected chi connectivity index (χ4v) is 3.79. The summed E-state index contributed by atoms with van der Waals surface area (Å²) in [5.41, 5.74) is 0.955. The average Bonchev–Trinajstić information content (AvgIpc) is 3.35. The van der Waals surface area contributed by atoms with Crippen LogP contribution in [0.4, 0.5) is 13.2 Å². The summed E-state index contributed by atoms with van der Waals surface area (Å²) in [7, 11) is 1.58. The first-order valence-electron chi connectivity index (χ1n) is 8.42. The number of amides is 1. The largest absolute Gasteiger partial charge is 0.496 e. The molecule has 0 heterocycles. The summed E-state index contributed by atoms with van der Waals surface area (Å²) < 4.78 is 44.7. The van der Waals surface area contributed by atoms with Gasteiger partial charge in [0, 0.05) is 12.0 Å². The quantitative estimate of drug-likeness (QED) is 0.898. The molecule has 132 valence electrons. The highest BCUT2D eigenvalue weighted by Crippen LogP contribution is 2.50. The average molecular weight is 341 g/mol. The van der Waals surface area contributed by atoms with Gasteiger partial charge in [-0.1, -0.05) is 31.0 Å². The summed E-state index contributed by atoms with van der Waals surface area (Å²) in [5.74, 6) is -1.17. The zero-order valence-electron chi connectivity index (χ0n) is 13.6. The van der Waals surface area contributed by atoms with Gasteiger partial charge < -0.3 is 10.1 Å². The number of methoxy groups -OCH3 is 1. The van der Waals surface area contributed by atoms with Gasteiger partial charge in [-0.2, -0.15) is 13.2 Å². The summed E-state index contributed by atoms with van der Waals surface area (Å²) in [5, 5.41) is 2.67. The first-order chi connectivity index (χ1) is 11.4. The molecule has 1 aromatic rings. The van der Waals surface area contributed by atoms with Gasteiger partial charge in [0.2, 0.25) is 5.91 Å². The maximum atomic E-state index is 13.1. The number of carbonyl (C=O) groups excluding carboxylic acids is 1. The molecule has 24 heavy (non-hydrogen) atoms. The monoisotopic (exact) mass is 341 g/mol. The fourth-order valence-electron chi connectivity index (χ4n) is 3.79. The van der Waals surface area contributed by atoms with Crippen LogP contribution in [0, 0.1) is 11.8 Å². The van der Waals surface area contributed by atoms with Crippen LogP contribution in [-0.4, -0.2) is 25.2 Å². The molecule has 1 N–H and O–H groups in total. The summed E-state index contributed by atoms with van der Waals surface area (Å²) in [6, 6.07) is 6.70. The minimum atomic E-state index is -4.25. The van der Waals surface area contributed by atoms with Crippen molar-refractivity contribution < 1.29 is 22.7 Å². The normalized spacial score (nSPS) is 29.8. The molecule has 0 radical (unpaired) electrons. The van der Waals surface area contributed by atoms with Crippen LogP contribution in [0.3, 0.4) is 0 Å². The van der Waals surface area contributed by atoms with Gasteiger partial charge in [-0.3, -0.25) is 4.79 Å². The van der Waals surface area contributed by atoms with Crippen LogP contribution in [0.1, 0.15) is 43.6 Å². The number of nitrogens with one attached hydrogen (secondary N) is 1. The van der Waals surface area contributed by atoms with E-state index in [9.17, 15) is 18.0 Å². The molecule has 3 nitrogen and oxygen atoms in total. The van der Waals surface area contributed by atoms with Gasteiger partial charge in [-0.15, -0.1) is 0 Å². The summed E-state index contributed by atoms with van der Waals surface area (Å²) in [4.78, 5) is 12.4. The van der Waals surface area contributed by atoms with Crippen molar-refractivity contribution in [1.29, 1.82) is 0 Å². The number of carbonyl (C=O) groups is 1. The van der Waals surface area contributed by atoms with Gasteiger partial charge in [0.25, 0.3) is 0 Å². The highest BCUT2D eigenvalue weighted by Gasteiger charge is 2.49. The van der Waals surface area contributed by atoms with E-state index in [2.05, 4.69) is 5.32 Å². The molecule has 2 saturated carbocycles. The molecule has 2 fully saturated rings. The van der Waals surface area contributed by atoms with Crippen LogP contribution >= 0.6 is 0 Å². The molecule has 0 bridgehead atoms. The Kier molecular flexibility index (Phi) is 4.74. The predicted octanol–water partition coefficient (Wildman–Crippen LogP) is 4.04. The second-order valence-electron chi connectivity index (χ2n) is 6.74. The second-order valence-corrected chi connectivity index (χ2v) is 6.74. The third kappa shape index (κ3) is 3.52. The topological polar surface area (TPSA) is 38.3 Å². The van der Waals surface area contributed by atoms with Gasteiger partial charge in [0.05, 0.1) is 13.0 Å². The maximum Gasteiger partial charge on any atom is 0.393 e. The van der Waals surface area contributed by atoms with Crippen molar-refractivity contribution in [2.24, 2.45) is 11.8 Å². The molecule has 1 amide bonds. The first kappa shape index (κ1) is 17.1. The molecule has 0 unspecified atom stereocenters. The minimum absolute atomic E-state index is 0.0362.